The van der Waals surface area contributed by atoms with E-state index in [9.17, 15) is 13.2 Å². The number of carbonyl (C=O) groups is 1. The Kier molecular flexibility index (Phi) is 6.87. The summed E-state index contributed by atoms with van der Waals surface area (Å²) in [6, 6.07) is 13.3. The van der Waals surface area contributed by atoms with E-state index in [4.69, 9.17) is 9.47 Å². The van der Waals surface area contributed by atoms with Crippen molar-refractivity contribution in [2.45, 2.75) is 30.2 Å². The smallest absolute Gasteiger partial charge is 0.253 e. The molecule has 0 radical (unpaired) electrons. The molecule has 0 bridgehead atoms. The molecule has 2 fully saturated rings. The molecule has 2 aromatic carbocycles. The number of hydrogen-bond acceptors (Lipinski definition) is 6. The zero-order valence-corrected chi connectivity index (χ0v) is 20.1. The Morgan fingerprint density at radius 2 is 1.59 bits per heavy atom. The van der Waals surface area contributed by atoms with Crippen molar-refractivity contribution in [3.8, 4) is 0 Å². The van der Waals surface area contributed by atoms with E-state index in [0.717, 1.165) is 24.9 Å². The first kappa shape index (κ1) is 23.3. The molecular weight excluding hydrogens is 454 g/mol. The van der Waals surface area contributed by atoms with Crippen LogP contribution in [0.2, 0.25) is 0 Å². The number of morpholine rings is 2. The van der Waals surface area contributed by atoms with Crippen LogP contribution in [0.1, 0.15) is 27.9 Å². The van der Waals surface area contributed by atoms with Gasteiger partial charge in [-0.05, 0) is 48.6 Å². The van der Waals surface area contributed by atoms with Crippen molar-refractivity contribution in [3.05, 3.63) is 59.2 Å². The maximum atomic E-state index is 13.5. The number of nitrogens with one attached hydrogen (secondary N) is 1. The molecule has 34 heavy (non-hydrogen) atoms. The van der Waals surface area contributed by atoms with Crippen molar-refractivity contribution >= 4 is 21.6 Å². The second-order valence-electron chi connectivity index (χ2n) is 8.98. The number of ether oxygens (including phenoxy) is 2. The molecule has 5 rings (SSSR count). The number of benzene rings is 2. The monoisotopic (exact) mass is 485 g/mol. The molecule has 3 aliphatic rings. The molecule has 1 N–H and O–H groups in total. The number of hydrogen-bond donors (Lipinski definition) is 1. The Hall–Kier alpha value is -2.46. The second-order valence-corrected chi connectivity index (χ2v) is 10.9. The number of sulfonamides is 1. The van der Waals surface area contributed by atoms with E-state index in [1.165, 1.54) is 15.4 Å². The van der Waals surface area contributed by atoms with Gasteiger partial charge >= 0.3 is 0 Å². The van der Waals surface area contributed by atoms with Gasteiger partial charge in [-0.25, -0.2) is 8.42 Å². The predicted octanol–water partition coefficient (Wildman–Crippen LogP) is 1.83. The van der Waals surface area contributed by atoms with Crippen molar-refractivity contribution in [1.82, 2.24) is 9.62 Å². The molecule has 2 aromatic rings. The highest BCUT2D eigenvalue weighted by atomic mass is 32.2. The van der Waals surface area contributed by atoms with Crippen LogP contribution in [0.15, 0.2) is 47.4 Å². The predicted molar refractivity (Wildman–Crippen MR) is 129 cm³/mol. The average Bonchev–Trinajstić information content (AvgIpc) is 2.89. The Bertz CT molecular complexity index is 1140. The van der Waals surface area contributed by atoms with Crippen molar-refractivity contribution in [2.75, 3.05) is 57.5 Å². The molecule has 0 saturated carbocycles. The van der Waals surface area contributed by atoms with Gasteiger partial charge in [0, 0.05) is 37.9 Å². The van der Waals surface area contributed by atoms with Gasteiger partial charge < -0.3 is 19.7 Å². The molecule has 1 amide bonds. The van der Waals surface area contributed by atoms with Gasteiger partial charge in [-0.1, -0.05) is 24.3 Å². The van der Waals surface area contributed by atoms with E-state index in [0.29, 0.717) is 58.2 Å². The summed E-state index contributed by atoms with van der Waals surface area (Å²) in [6.45, 7) is 3.86. The van der Waals surface area contributed by atoms with Crippen LogP contribution in [0.4, 0.5) is 5.69 Å². The summed E-state index contributed by atoms with van der Waals surface area (Å²) in [5, 5.41) is 3.19. The van der Waals surface area contributed by atoms with E-state index in [1.807, 2.05) is 12.1 Å². The molecule has 2 saturated heterocycles. The molecule has 0 spiro atoms. The number of aryl methyl sites for hydroxylation is 1. The topological polar surface area (TPSA) is 88.2 Å². The number of nitrogens with zero attached hydrogens (tertiary/aromatic N) is 2. The van der Waals surface area contributed by atoms with Crippen molar-refractivity contribution in [3.63, 3.8) is 0 Å². The number of carbonyl (C=O) groups excluding carboxylic acids is 1. The number of rotatable bonds is 5. The third-order valence-corrected chi connectivity index (χ3v) is 8.75. The van der Waals surface area contributed by atoms with Crippen LogP contribution >= 0.6 is 0 Å². The molecule has 9 heteroatoms. The highest BCUT2D eigenvalue weighted by Gasteiger charge is 2.30. The zero-order chi connectivity index (χ0) is 23.5. The minimum Gasteiger partial charge on any atom is -0.379 e. The summed E-state index contributed by atoms with van der Waals surface area (Å²) in [4.78, 5) is 15.8. The minimum atomic E-state index is -3.71. The molecule has 1 unspecified atom stereocenters. The standard InChI is InChI=1S/C25H31N3O5S/c29-25(26-21-6-5-19-3-1-2-4-20(19)17-21)23-18-22(34(30,31)28-11-15-33-16-12-28)7-8-24(23)27-9-13-32-14-10-27/h1-4,7-8,18,21H,5-6,9-17H2,(H,26,29). The van der Waals surface area contributed by atoms with Gasteiger partial charge in [0.25, 0.3) is 5.91 Å². The van der Waals surface area contributed by atoms with Crippen LogP contribution < -0.4 is 10.2 Å². The van der Waals surface area contributed by atoms with Crippen LogP contribution in [0.3, 0.4) is 0 Å². The highest BCUT2D eigenvalue weighted by molar-refractivity contribution is 7.89. The van der Waals surface area contributed by atoms with Gasteiger partial charge in [-0.3, -0.25) is 4.79 Å². The molecule has 2 aliphatic heterocycles. The van der Waals surface area contributed by atoms with Crippen molar-refractivity contribution in [1.29, 1.82) is 0 Å². The van der Waals surface area contributed by atoms with Crippen molar-refractivity contribution in [2.24, 2.45) is 0 Å². The number of amides is 1. The number of fused-ring (bicyclic) bond motifs is 1. The molecule has 0 aromatic heterocycles. The first-order valence-electron chi connectivity index (χ1n) is 11.9. The van der Waals surface area contributed by atoms with Crippen LogP contribution in [0.5, 0.6) is 0 Å². The Morgan fingerprint density at radius 1 is 0.912 bits per heavy atom. The SMILES string of the molecule is O=C(NC1CCc2ccccc2C1)c1cc(S(=O)(=O)N2CCOCC2)ccc1N1CCOCC1. The van der Waals surface area contributed by atoms with Crippen LogP contribution in [0, 0.1) is 0 Å². The fraction of sp³-hybridized carbons (Fsp3) is 0.480. The third-order valence-electron chi connectivity index (χ3n) is 6.85. The maximum Gasteiger partial charge on any atom is 0.253 e. The Balaban J connectivity index is 1.43. The van der Waals surface area contributed by atoms with E-state index in [2.05, 4.69) is 22.3 Å². The lowest BCUT2D eigenvalue weighted by atomic mass is 9.88. The second kappa shape index (κ2) is 10.0. The zero-order valence-electron chi connectivity index (χ0n) is 19.2. The summed E-state index contributed by atoms with van der Waals surface area (Å²) < 4.78 is 38.8. The minimum absolute atomic E-state index is 0.0134. The lowest BCUT2D eigenvalue weighted by molar-refractivity contribution is 0.0730. The van der Waals surface area contributed by atoms with Gasteiger partial charge in [-0.15, -0.1) is 0 Å². The normalized spacial score (nSPS) is 21.6. The largest absolute Gasteiger partial charge is 0.379 e. The summed E-state index contributed by atoms with van der Waals surface area (Å²) in [5.74, 6) is -0.232. The van der Waals surface area contributed by atoms with E-state index in [1.54, 1.807) is 18.2 Å². The van der Waals surface area contributed by atoms with Gasteiger partial charge in [0.15, 0.2) is 0 Å². The van der Waals surface area contributed by atoms with Gasteiger partial charge in [-0.2, -0.15) is 4.31 Å². The van der Waals surface area contributed by atoms with E-state index < -0.39 is 10.0 Å². The van der Waals surface area contributed by atoms with E-state index >= 15 is 0 Å². The molecular formula is C25H31N3O5S. The Morgan fingerprint density at radius 3 is 2.32 bits per heavy atom. The first-order chi connectivity index (χ1) is 16.5. The lowest BCUT2D eigenvalue weighted by Gasteiger charge is -2.32. The Labute approximate surface area is 200 Å². The fourth-order valence-electron chi connectivity index (χ4n) is 4.96. The fourth-order valence-corrected chi connectivity index (χ4v) is 6.39. The summed E-state index contributed by atoms with van der Waals surface area (Å²) >= 11 is 0. The van der Waals surface area contributed by atoms with Gasteiger partial charge in [0.2, 0.25) is 10.0 Å². The molecule has 8 nitrogen and oxygen atoms in total. The highest BCUT2D eigenvalue weighted by Crippen LogP contribution is 2.28. The van der Waals surface area contributed by atoms with Crippen LogP contribution in [-0.4, -0.2) is 77.3 Å². The molecule has 2 heterocycles. The van der Waals surface area contributed by atoms with Crippen LogP contribution in [0.25, 0.3) is 0 Å². The number of anilines is 1. The van der Waals surface area contributed by atoms with Crippen molar-refractivity contribution < 1.29 is 22.7 Å². The quantitative estimate of drug-likeness (QED) is 0.695. The molecule has 1 aliphatic carbocycles. The maximum absolute atomic E-state index is 13.5. The van der Waals surface area contributed by atoms with Crippen LogP contribution in [-0.2, 0) is 32.3 Å². The van der Waals surface area contributed by atoms with Gasteiger partial charge in [0.05, 0.1) is 36.9 Å². The summed E-state index contributed by atoms with van der Waals surface area (Å²) in [6.07, 6.45) is 2.56. The van der Waals surface area contributed by atoms with Gasteiger partial charge in [0.1, 0.15) is 0 Å². The third kappa shape index (κ3) is 4.84. The average molecular weight is 486 g/mol. The first-order valence-corrected chi connectivity index (χ1v) is 13.4. The molecule has 1 atom stereocenters. The van der Waals surface area contributed by atoms with E-state index in [-0.39, 0.29) is 16.8 Å². The summed E-state index contributed by atoms with van der Waals surface area (Å²) in [7, 11) is -3.71. The lowest BCUT2D eigenvalue weighted by Crippen LogP contribution is -2.42. The molecule has 182 valence electrons. The summed E-state index contributed by atoms with van der Waals surface area (Å²) in [5.41, 5.74) is 3.74.